The van der Waals surface area contributed by atoms with Crippen LogP contribution in [0.4, 0.5) is 13.2 Å². The van der Waals surface area contributed by atoms with Crippen LogP contribution in [0.15, 0.2) is 54.6 Å². The molecule has 8 heteroatoms. The predicted molar refractivity (Wildman–Crippen MR) is 129 cm³/mol. The number of hydrogen-bond acceptors (Lipinski definition) is 3. The van der Waals surface area contributed by atoms with Gasteiger partial charge in [-0.25, -0.2) is 4.98 Å². The van der Waals surface area contributed by atoms with E-state index in [1.807, 2.05) is 36.4 Å². The third-order valence-electron chi connectivity index (χ3n) is 7.57. The molecule has 2 unspecified atom stereocenters. The second-order valence-corrected chi connectivity index (χ2v) is 9.88. The van der Waals surface area contributed by atoms with Gasteiger partial charge in [0.25, 0.3) is 0 Å². The molecule has 35 heavy (non-hydrogen) atoms. The molecule has 2 aliphatic rings. The molecule has 1 amide bonds. The molecule has 3 heterocycles. The molecule has 0 radical (unpaired) electrons. The van der Waals surface area contributed by atoms with Crippen LogP contribution in [0, 0.1) is 6.92 Å². The number of aromatic nitrogens is 2. The van der Waals surface area contributed by atoms with Crippen LogP contribution in [0.5, 0.6) is 0 Å². The Morgan fingerprint density at radius 2 is 1.69 bits per heavy atom. The first-order valence-electron chi connectivity index (χ1n) is 12.4. The third kappa shape index (κ3) is 5.22. The number of para-hydroxylation sites is 2. The molecular formula is C27H31F3N4O. The summed E-state index contributed by atoms with van der Waals surface area (Å²) < 4.78 is 40.6. The topological polar surface area (TPSA) is 50.2 Å². The van der Waals surface area contributed by atoms with E-state index in [0.717, 1.165) is 49.1 Å². The van der Waals surface area contributed by atoms with Gasteiger partial charge in [0, 0.05) is 24.7 Å². The number of benzene rings is 2. The van der Waals surface area contributed by atoms with Gasteiger partial charge in [0.1, 0.15) is 12.2 Å². The molecule has 2 aliphatic heterocycles. The van der Waals surface area contributed by atoms with Crippen molar-refractivity contribution in [3.05, 3.63) is 66.0 Å². The van der Waals surface area contributed by atoms with Crippen LogP contribution in [0.2, 0.25) is 0 Å². The maximum atomic E-state index is 12.7. The fourth-order valence-electron chi connectivity index (χ4n) is 6.16. The highest BCUT2D eigenvalue weighted by Gasteiger charge is 2.42. The molecular weight excluding hydrogens is 453 g/mol. The van der Waals surface area contributed by atoms with Crippen LogP contribution < -0.4 is 5.32 Å². The Hall–Kier alpha value is -2.87. The van der Waals surface area contributed by atoms with Gasteiger partial charge in [0.2, 0.25) is 5.91 Å². The second kappa shape index (κ2) is 9.64. The lowest BCUT2D eigenvalue weighted by atomic mass is 9.95. The summed E-state index contributed by atoms with van der Waals surface area (Å²) in [5, 5.41) is 2.64. The highest BCUT2D eigenvalue weighted by molar-refractivity contribution is 5.77. The molecule has 2 saturated heterocycles. The number of fused-ring (bicyclic) bond motifs is 3. The van der Waals surface area contributed by atoms with E-state index in [0.29, 0.717) is 24.5 Å². The smallest absolute Gasteiger partial charge is 0.349 e. The zero-order valence-electron chi connectivity index (χ0n) is 19.8. The molecule has 1 N–H and O–H groups in total. The van der Waals surface area contributed by atoms with Gasteiger partial charge in [0.15, 0.2) is 0 Å². The molecule has 0 aliphatic carbocycles. The van der Waals surface area contributed by atoms with Crippen LogP contribution in [0.3, 0.4) is 0 Å². The average molecular weight is 485 g/mol. The molecule has 5 nitrogen and oxygen atoms in total. The number of carbonyl (C=O) groups is 1. The third-order valence-corrected chi connectivity index (χ3v) is 7.57. The van der Waals surface area contributed by atoms with Gasteiger partial charge in [-0.05, 0) is 56.7 Å². The molecule has 5 rings (SSSR count). The van der Waals surface area contributed by atoms with Crippen molar-refractivity contribution in [3.8, 4) is 0 Å². The minimum Gasteiger partial charge on any atom is -0.349 e. The number of rotatable bonds is 7. The highest BCUT2D eigenvalue weighted by Crippen LogP contribution is 2.42. The fourth-order valence-corrected chi connectivity index (χ4v) is 6.16. The van der Waals surface area contributed by atoms with E-state index in [1.165, 1.54) is 5.52 Å². The summed E-state index contributed by atoms with van der Waals surface area (Å²) in [6.45, 7) is 2.82. The molecule has 2 aromatic carbocycles. The number of hydrogen-bond donors (Lipinski definition) is 1. The standard InChI is InChI=1S/C27H31F3N4O/c1-18-31-24-9-5-6-10-25(24)34(18)22-15-20-11-12-21(16-22)33(20)14-13-23(19-7-3-2-4-8-19)32-26(35)17-27(28,29)30/h2-10,20-23H,11-17H2,1H3,(H,32,35)/t20?,21?,22?,23-/m0/s1. The van der Waals surface area contributed by atoms with Crippen molar-refractivity contribution >= 4 is 16.9 Å². The van der Waals surface area contributed by atoms with Crippen LogP contribution in [-0.4, -0.2) is 45.2 Å². The van der Waals surface area contributed by atoms with E-state index in [9.17, 15) is 18.0 Å². The van der Waals surface area contributed by atoms with Crippen molar-refractivity contribution in [2.24, 2.45) is 0 Å². The van der Waals surface area contributed by atoms with Crippen molar-refractivity contribution in [1.29, 1.82) is 0 Å². The zero-order chi connectivity index (χ0) is 24.6. The monoisotopic (exact) mass is 484 g/mol. The number of alkyl halides is 3. The first-order chi connectivity index (χ1) is 16.8. The lowest BCUT2D eigenvalue weighted by Crippen LogP contribution is -2.45. The Kier molecular flexibility index (Phi) is 6.57. The summed E-state index contributed by atoms with van der Waals surface area (Å²) in [6, 6.07) is 18.4. The maximum Gasteiger partial charge on any atom is 0.397 e. The van der Waals surface area contributed by atoms with Crippen molar-refractivity contribution in [1.82, 2.24) is 19.8 Å². The lowest BCUT2D eigenvalue weighted by molar-refractivity contribution is -0.154. The Bertz CT molecular complexity index is 1160. The van der Waals surface area contributed by atoms with E-state index in [4.69, 9.17) is 4.98 Å². The average Bonchev–Trinajstić information content (AvgIpc) is 3.26. The molecule has 3 atom stereocenters. The zero-order valence-corrected chi connectivity index (χ0v) is 19.8. The van der Waals surface area contributed by atoms with Gasteiger partial charge in [0.05, 0.1) is 17.1 Å². The number of imidazole rings is 1. The number of carbonyl (C=O) groups excluding carboxylic acids is 1. The molecule has 186 valence electrons. The molecule has 0 spiro atoms. The summed E-state index contributed by atoms with van der Waals surface area (Å²) in [4.78, 5) is 19.4. The van der Waals surface area contributed by atoms with Crippen molar-refractivity contribution in [2.75, 3.05) is 6.54 Å². The summed E-state index contributed by atoms with van der Waals surface area (Å²) in [7, 11) is 0. The lowest BCUT2D eigenvalue weighted by Gasteiger charge is -2.40. The highest BCUT2D eigenvalue weighted by atomic mass is 19.4. The van der Waals surface area contributed by atoms with E-state index in [2.05, 4.69) is 39.9 Å². The maximum absolute atomic E-state index is 12.7. The van der Waals surface area contributed by atoms with Crippen molar-refractivity contribution < 1.29 is 18.0 Å². The minimum absolute atomic E-state index is 0.396. The summed E-state index contributed by atoms with van der Waals surface area (Å²) in [5.41, 5.74) is 3.05. The predicted octanol–water partition coefficient (Wildman–Crippen LogP) is 5.71. The van der Waals surface area contributed by atoms with Crippen LogP contribution in [0.1, 0.15) is 62.0 Å². The normalized spacial score (nSPS) is 23.5. The van der Waals surface area contributed by atoms with Crippen LogP contribution in [0.25, 0.3) is 11.0 Å². The van der Waals surface area contributed by atoms with E-state index < -0.39 is 24.5 Å². The number of nitrogens with one attached hydrogen (secondary N) is 1. The van der Waals surface area contributed by atoms with Crippen LogP contribution >= 0.6 is 0 Å². The molecule has 3 aromatic rings. The SMILES string of the molecule is Cc1nc2ccccc2n1C1CC2CCC(C1)N2CC[C@H](NC(=O)CC(F)(F)F)c1ccccc1. The Labute approximate surface area is 203 Å². The molecule has 2 bridgehead atoms. The first kappa shape index (κ1) is 23.9. The van der Waals surface area contributed by atoms with E-state index >= 15 is 0 Å². The van der Waals surface area contributed by atoms with Gasteiger partial charge in [-0.2, -0.15) is 13.2 Å². The van der Waals surface area contributed by atoms with Gasteiger partial charge < -0.3 is 9.88 Å². The first-order valence-corrected chi connectivity index (χ1v) is 12.4. The van der Waals surface area contributed by atoms with Gasteiger partial charge in [-0.15, -0.1) is 0 Å². The Morgan fingerprint density at radius 3 is 2.37 bits per heavy atom. The number of aryl methyl sites for hydroxylation is 1. The number of amides is 1. The van der Waals surface area contributed by atoms with Gasteiger partial charge >= 0.3 is 6.18 Å². The number of piperidine rings is 1. The van der Waals surface area contributed by atoms with Gasteiger partial charge in [-0.1, -0.05) is 42.5 Å². The number of nitrogens with zero attached hydrogens (tertiary/aromatic N) is 3. The van der Waals surface area contributed by atoms with Crippen molar-refractivity contribution in [2.45, 2.75) is 75.8 Å². The number of halogens is 3. The largest absolute Gasteiger partial charge is 0.397 e. The Morgan fingerprint density at radius 1 is 1.03 bits per heavy atom. The van der Waals surface area contributed by atoms with Crippen LogP contribution in [-0.2, 0) is 4.79 Å². The minimum atomic E-state index is -4.51. The summed E-state index contributed by atoms with van der Waals surface area (Å²) in [6.07, 6.45) is -1.06. The quantitative estimate of drug-likeness (QED) is 0.467. The summed E-state index contributed by atoms with van der Waals surface area (Å²) >= 11 is 0. The Balaban J connectivity index is 1.28. The summed E-state index contributed by atoms with van der Waals surface area (Å²) in [5.74, 6) is 0.0658. The van der Waals surface area contributed by atoms with E-state index in [1.54, 1.807) is 0 Å². The second-order valence-electron chi connectivity index (χ2n) is 9.88. The molecule has 1 aromatic heterocycles. The molecule has 2 fully saturated rings. The van der Waals surface area contributed by atoms with Crippen molar-refractivity contribution in [3.63, 3.8) is 0 Å². The van der Waals surface area contributed by atoms with E-state index in [-0.39, 0.29) is 0 Å². The fraction of sp³-hybridized carbons (Fsp3) is 0.481. The molecule has 0 saturated carbocycles. The van der Waals surface area contributed by atoms with Gasteiger partial charge in [-0.3, -0.25) is 9.69 Å².